The first-order valence-corrected chi connectivity index (χ1v) is 22.8. The fraction of sp³-hybridized carbons (Fsp3) is 0.718. The number of aryl methyl sites for hydroxylation is 1. The quantitative estimate of drug-likeness (QED) is 0.0661. The lowest BCUT2D eigenvalue weighted by atomic mass is 9.73. The molecule has 2 fully saturated rings. The van der Waals surface area contributed by atoms with Gasteiger partial charge in [0.2, 0.25) is 5.91 Å². The van der Waals surface area contributed by atoms with Gasteiger partial charge in [0, 0.05) is 53.8 Å². The summed E-state index contributed by atoms with van der Waals surface area (Å²) in [5.74, 6) is -5.59. The van der Waals surface area contributed by atoms with Crippen LogP contribution in [0.15, 0.2) is 11.0 Å². The van der Waals surface area contributed by atoms with Crippen molar-refractivity contribution in [2.75, 3.05) is 31.3 Å². The maximum atomic E-state index is 13.5. The fourth-order valence-corrected chi connectivity index (χ4v) is 9.54. The van der Waals surface area contributed by atoms with E-state index in [2.05, 4.69) is 15.2 Å². The molecule has 2 aliphatic heterocycles. The number of aliphatic hydroxyl groups excluding tert-OH is 2. The Bertz CT molecular complexity index is 1620. The minimum atomic E-state index is -1.33. The van der Waals surface area contributed by atoms with Gasteiger partial charge in [0.1, 0.15) is 31.1 Å². The van der Waals surface area contributed by atoms with Gasteiger partial charge in [0.15, 0.2) is 0 Å². The van der Waals surface area contributed by atoms with Crippen LogP contribution in [0.4, 0.5) is 4.79 Å². The summed E-state index contributed by atoms with van der Waals surface area (Å²) in [6.45, 7) is 12.3. The number of aliphatic carboxylic acids is 2. The molecule has 0 spiro atoms. The molecular weight excluding hydrogens is 815 g/mol. The third kappa shape index (κ3) is 15.1. The Labute approximate surface area is 351 Å². The van der Waals surface area contributed by atoms with Gasteiger partial charge in [-0.25, -0.2) is 14.6 Å². The number of carboxylic acid groups (broad SMARTS) is 2. The van der Waals surface area contributed by atoms with Gasteiger partial charge in [-0.3, -0.25) is 24.1 Å². The molecule has 0 saturated carbocycles. The van der Waals surface area contributed by atoms with E-state index in [1.54, 1.807) is 20.8 Å². The number of nitrogens with zero attached hydrogens (tertiary/aromatic N) is 2. The molecule has 0 aromatic carbocycles. The van der Waals surface area contributed by atoms with Crippen molar-refractivity contribution in [1.29, 1.82) is 0 Å². The van der Waals surface area contributed by atoms with E-state index in [9.17, 15) is 44.1 Å². The second-order valence-corrected chi connectivity index (χ2v) is 19.4. The number of hydrogen-bond acceptors (Lipinski definition) is 16. The summed E-state index contributed by atoms with van der Waals surface area (Å²) in [5.41, 5.74) is 0.205. The van der Waals surface area contributed by atoms with Crippen molar-refractivity contribution in [2.24, 2.45) is 23.2 Å². The molecule has 16 nitrogen and oxygen atoms in total. The molecule has 19 heteroatoms. The number of cyclic esters (lactones) is 1. The normalized spacial score (nSPS) is 28.0. The molecule has 2 aliphatic rings. The molecule has 1 aromatic rings. The molecule has 326 valence electrons. The zero-order valence-corrected chi connectivity index (χ0v) is 36.7. The average Bonchev–Trinajstić information content (AvgIpc) is 3.61. The topological polar surface area (TPSA) is 239 Å². The van der Waals surface area contributed by atoms with Gasteiger partial charge in [-0.15, -0.1) is 11.3 Å². The first-order valence-electron chi connectivity index (χ1n) is 19.5. The number of fused-ring (bicyclic) bond motifs is 1. The van der Waals surface area contributed by atoms with E-state index < -0.39 is 84.4 Å². The summed E-state index contributed by atoms with van der Waals surface area (Å²) in [6.07, 6.45) is -0.129. The Morgan fingerprint density at radius 1 is 1.10 bits per heavy atom. The highest BCUT2D eigenvalue weighted by Gasteiger charge is 2.49. The van der Waals surface area contributed by atoms with Crippen molar-refractivity contribution in [3.8, 4) is 0 Å². The van der Waals surface area contributed by atoms with Crippen molar-refractivity contribution >= 4 is 74.8 Å². The number of nitrogens with one attached hydrogen (secondary N) is 1. The number of hydrogen-bond donors (Lipinski definition) is 5. The second-order valence-electron chi connectivity index (χ2n) is 15.7. The van der Waals surface area contributed by atoms with Gasteiger partial charge in [-0.1, -0.05) is 62.6 Å². The highest BCUT2D eigenvalue weighted by Crippen LogP contribution is 2.39. The molecule has 1 amide bonds. The number of amides is 1. The van der Waals surface area contributed by atoms with Gasteiger partial charge in [-0.05, 0) is 44.3 Å². The number of ketones is 1. The van der Waals surface area contributed by atoms with Gasteiger partial charge in [-0.2, -0.15) is 0 Å². The standard InChI is InChI=1S/C39H59N3O13S3/c1-21-9-8-10-28-29(42(28)11-12-53-38(52)54-13-14-57-58-20-27(37(50)51)41-36(49)23(3)16-32(44)45)17-30(22(2)15-26-19-56-25(5)40-26)55-33(46)18-31(43)39(6,7)35(48)24(4)34(21)47/h15,19,21,23-24,27-31,34,43,47H,8-14,16-18,20H2,1-7H3,(H,41,49)(H,44,45)(H,50,51). The number of carbonyl (C=O) groups excluding carboxylic acids is 4. The Hall–Kier alpha value is -3.23. The highest BCUT2D eigenvalue weighted by molar-refractivity contribution is 8.76. The summed E-state index contributed by atoms with van der Waals surface area (Å²) < 4.78 is 16.6. The lowest BCUT2D eigenvalue weighted by Crippen LogP contribution is -2.45. The van der Waals surface area contributed by atoms with Crippen LogP contribution in [0.2, 0.25) is 0 Å². The van der Waals surface area contributed by atoms with E-state index in [0.717, 1.165) is 39.9 Å². The first kappa shape index (κ1) is 49.1. The minimum absolute atomic E-state index is 0.00643. The largest absolute Gasteiger partial charge is 0.508 e. The van der Waals surface area contributed by atoms with Gasteiger partial charge in [0.05, 0.1) is 41.2 Å². The van der Waals surface area contributed by atoms with Crippen molar-refractivity contribution in [3.63, 3.8) is 0 Å². The Balaban J connectivity index is 1.59. The lowest BCUT2D eigenvalue weighted by molar-refractivity contribution is -0.154. The molecular formula is C39H59N3O13S3. The molecule has 3 rings (SSSR count). The number of carbonyl (C=O) groups is 6. The van der Waals surface area contributed by atoms with E-state index in [-0.39, 0.29) is 42.8 Å². The molecule has 0 radical (unpaired) electrons. The molecule has 3 heterocycles. The van der Waals surface area contributed by atoms with Crippen LogP contribution in [-0.4, -0.2) is 134 Å². The Morgan fingerprint density at radius 3 is 2.43 bits per heavy atom. The number of esters is 1. The van der Waals surface area contributed by atoms with Crippen molar-refractivity contribution in [2.45, 2.75) is 123 Å². The molecule has 0 bridgehead atoms. The van der Waals surface area contributed by atoms with E-state index >= 15 is 0 Å². The number of aliphatic hydroxyl groups is 2. The van der Waals surface area contributed by atoms with E-state index in [1.165, 1.54) is 29.1 Å². The van der Waals surface area contributed by atoms with Crippen LogP contribution in [0.25, 0.3) is 6.08 Å². The van der Waals surface area contributed by atoms with Crippen molar-refractivity contribution < 1.29 is 63.4 Å². The number of thiazole rings is 1. The van der Waals surface area contributed by atoms with Crippen LogP contribution in [0.1, 0.15) is 90.8 Å². The van der Waals surface area contributed by atoms with E-state index in [1.807, 2.05) is 32.2 Å². The summed E-state index contributed by atoms with van der Waals surface area (Å²) in [6, 6.07) is -1.17. The van der Waals surface area contributed by atoms with E-state index in [4.69, 9.17) is 19.3 Å². The molecule has 2 saturated heterocycles. The van der Waals surface area contributed by atoms with Gasteiger partial charge in [0.25, 0.3) is 0 Å². The lowest BCUT2D eigenvalue weighted by Gasteiger charge is -2.34. The van der Waals surface area contributed by atoms with Crippen LogP contribution in [0.3, 0.4) is 0 Å². The monoisotopic (exact) mass is 873 g/mol. The van der Waals surface area contributed by atoms with Crippen LogP contribution >= 0.6 is 32.9 Å². The Morgan fingerprint density at radius 2 is 1.79 bits per heavy atom. The minimum Gasteiger partial charge on any atom is -0.481 e. The van der Waals surface area contributed by atoms with Crippen LogP contribution in [-0.2, 0) is 38.2 Å². The number of aromatic nitrogens is 1. The molecule has 10 unspecified atom stereocenters. The maximum absolute atomic E-state index is 13.5. The zero-order chi connectivity index (χ0) is 43.3. The zero-order valence-electron chi connectivity index (χ0n) is 34.2. The van der Waals surface area contributed by atoms with Gasteiger partial charge >= 0.3 is 24.1 Å². The number of ether oxygens (including phenoxy) is 3. The molecule has 58 heavy (non-hydrogen) atoms. The number of rotatable bonds is 16. The molecule has 10 atom stereocenters. The van der Waals surface area contributed by atoms with E-state index in [0.29, 0.717) is 25.1 Å². The number of Topliss-reactive ketones (excluding diaryl/α,β-unsaturated/α-hetero) is 1. The second kappa shape index (κ2) is 23.0. The fourth-order valence-electron chi connectivity index (χ4n) is 6.99. The van der Waals surface area contributed by atoms with Crippen LogP contribution in [0, 0.1) is 30.1 Å². The van der Waals surface area contributed by atoms with Crippen molar-refractivity contribution in [1.82, 2.24) is 15.2 Å². The summed E-state index contributed by atoms with van der Waals surface area (Å²) in [7, 11) is 2.39. The third-order valence-corrected chi connectivity index (χ3v) is 13.9. The van der Waals surface area contributed by atoms with Crippen LogP contribution in [0.5, 0.6) is 0 Å². The number of carboxylic acids is 2. The first-order chi connectivity index (χ1) is 27.2. The third-order valence-electron chi connectivity index (χ3n) is 10.8. The SMILES string of the molecule is CC(=Cc1csc(C)n1)C1CC2C(CCCC(C)C(O)C(C)C(=O)C(C)(C)C(O)CC(=O)O1)N2CCOC(=O)OCCSSCC(NC(=O)C(C)CC(=O)O)C(=O)O. The Kier molecular flexibility index (Phi) is 19.4. The maximum Gasteiger partial charge on any atom is 0.508 e. The molecule has 1 aromatic heterocycles. The highest BCUT2D eigenvalue weighted by atomic mass is 33.1. The average molecular weight is 874 g/mol. The summed E-state index contributed by atoms with van der Waals surface area (Å²) in [5, 5.41) is 45.7. The summed E-state index contributed by atoms with van der Waals surface area (Å²) in [4.78, 5) is 80.5. The van der Waals surface area contributed by atoms with Crippen LogP contribution < -0.4 is 5.32 Å². The van der Waals surface area contributed by atoms with Crippen molar-refractivity contribution in [3.05, 3.63) is 21.7 Å². The predicted molar refractivity (Wildman–Crippen MR) is 220 cm³/mol. The smallest absolute Gasteiger partial charge is 0.481 e. The van der Waals surface area contributed by atoms with Gasteiger partial charge < -0.3 is 40.0 Å². The molecule has 0 aliphatic carbocycles. The molecule has 5 N–H and O–H groups in total. The summed E-state index contributed by atoms with van der Waals surface area (Å²) >= 11 is 1.50. The predicted octanol–water partition coefficient (Wildman–Crippen LogP) is 4.59.